The van der Waals surface area contributed by atoms with Gasteiger partial charge in [0.1, 0.15) is 0 Å². The lowest BCUT2D eigenvalue weighted by Crippen LogP contribution is -2.47. The summed E-state index contributed by atoms with van der Waals surface area (Å²) in [4.78, 5) is 27.0. The van der Waals surface area contributed by atoms with Crippen LogP contribution in [0.25, 0.3) is 0 Å². The Bertz CT molecular complexity index is 814. The van der Waals surface area contributed by atoms with Gasteiger partial charge in [-0.25, -0.2) is 0 Å². The molecule has 0 aromatic heterocycles. The molecule has 4 rings (SSSR count). The Hall–Kier alpha value is -2.14. The summed E-state index contributed by atoms with van der Waals surface area (Å²) in [5, 5.41) is 3.21. The van der Waals surface area contributed by atoms with Crippen LogP contribution in [0.4, 0.5) is 0 Å². The number of nitrogens with one attached hydrogen (secondary N) is 1. The van der Waals surface area contributed by atoms with Crippen molar-refractivity contribution in [2.75, 3.05) is 13.1 Å². The number of hydrogen-bond donors (Lipinski definition) is 1. The highest BCUT2D eigenvalue weighted by atomic mass is 79.9. The number of piperidine rings is 1. The van der Waals surface area contributed by atoms with Crippen molar-refractivity contribution in [3.05, 3.63) is 70.2 Å². The van der Waals surface area contributed by atoms with E-state index in [2.05, 4.69) is 33.4 Å². The predicted molar refractivity (Wildman–Crippen MR) is 109 cm³/mol. The fraction of sp³-hybridized carbons (Fsp3) is 0.364. The zero-order chi connectivity index (χ0) is 18.8. The van der Waals surface area contributed by atoms with Gasteiger partial charge in [0.2, 0.25) is 5.91 Å². The normalized spacial score (nSPS) is 22.3. The maximum absolute atomic E-state index is 12.6. The lowest BCUT2D eigenvalue weighted by Gasteiger charge is -2.32. The van der Waals surface area contributed by atoms with Crippen LogP contribution in [-0.2, 0) is 4.79 Å². The molecular formula is C22H23BrN2O2. The van der Waals surface area contributed by atoms with Gasteiger partial charge in [-0.2, -0.15) is 0 Å². The fourth-order valence-corrected chi connectivity index (χ4v) is 4.13. The molecule has 4 nitrogen and oxygen atoms in total. The molecule has 1 N–H and O–H groups in total. The molecule has 2 aromatic rings. The number of amides is 2. The zero-order valence-corrected chi connectivity index (χ0v) is 16.7. The summed E-state index contributed by atoms with van der Waals surface area (Å²) < 4.78 is 1.06. The monoisotopic (exact) mass is 426 g/mol. The van der Waals surface area contributed by atoms with Crippen molar-refractivity contribution in [1.82, 2.24) is 10.2 Å². The number of hydrogen-bond acceptors (Lipinski definition) is 2. The molecule has 1 heterocycles. The molecular weight excluding hydrogens is 404 g/mol. The van der Waals surface area contributed by atoms with E-state index in [-0.39, 0.29) is 23.8 Å². The van der Waals surface area contributed by atoms with Gasteiger partial charge in [0.05, 0.1) is 0 Å². The van der Waals surface area contributed by atoms with Crippen LogP contribution in [0.1, 0.15) is 41.1 Å². The van der Waals surface area contributed by atoms with Crippen LogP contribution in [0.3, 0.4) is 0 Å². The first kappa shape index (κ1) is 18.2. The molecule has 1 aliphatic carbocycles. The van der Waals surface area contributed by atoms with Crippen LogP contribution in [0, 0.1) is 5.92 Å². The molecule has 27 heavy (non-hydrogen) atoms. The van der Waals surface area contributed by atoms with Crippen molar-refractivity contribution in [1.29, 1.82) is 0 Å². The fourth-order valence-electron chi connectivity index (χ4n) is 3.86. The Kier molecular flexibility index (Phi) is 5.30. The summed E-state index contributed by atoms with van der Waals surface area (Å²) in [6, 6.07) is 17.8. The SMILES string of the molecule is O=C(NC1CCN(C(=O)c2ccccc2)CC1)C1CC1c1ccc(Br)cc1. The first-order valence-corrected chi connectivity index (χ1v) is 10.3. The standard InChI is InChI=1S/C22H23BrN2O2/c23-17-8-6-15(7-9-17)19-14-20(19)21(26)24-18-10-12-25(13-11-18)22(27)16-4-2-1-3-5-16/h1-9,18-20H,10-14H2,(H,24,26). The average Bonchev–Trinajstić information content (AvgIpc) is 3.50. The molecule has 2 aromatic carbocycles. The van der Waals surface area contributed by atoms with E-state index < -0.39 is 0 Å². The van der Waals surface area contributed by atoms with Gasteiger partial charge in [0, 0.05) is 35.1 Å². The Morgan fingerprint density at radius 1 is 0.963 bits per heavy atom. The summed E-state index contributed by atoms with van der Waals surface area (Å²) in [5.74, 6) is 0.682. The molecule has 140 valence electrons. The van der Waals surface area contributed by atoms with Gasteiger partial charge < -0.3 is 10.2 Å². The van der Waals surface area contributed by atoms with E-state index in [9.17, 15) is 9.59 Å². The molecule has 0 radical (unpaired) electrons. The minimum absolute atomic E-state index is 0.0814. The van der Waals surface area contributed by atoms with Crippen molar-refractivity contribution in [2.24, 2.45) is 5.92 Å². The van der Waals surface area contributed by atoms with E-state index in [0.717, 1.165) is 29.3 Å². The molecule has 0 bridgehead atoms. The predicted octanol–water partition coefficient (Wildman–Crippen LogP) is 3.97. The second-order valence-electron chi connectivity index (χ2n) is 7.44. The Morgan fingerprint density at radius 2 is 1.63 bits per heavy atom. The molecule has 5 heteroatoms. The molecule has 1 aliphatic heterocycles. The number of halogens is 1. The number of carbonyl (C=O) groups excluding carboxylic acids is 2. The lowest BCUT2D eigenvalue weighted by atomic mass is 10.0. The third kappa shape index (κ3) is 4.24. The molecule has 2 unspecified atom stereocenters. The minimum Gasteiger partial charge on any atom is -0.353 e. The van der Waals surface area contributed by atoms with E-state index in [4.69, 9.17) is 0 Å². The first-order chi connectivity index (χ1) is 13.1. The van der Waals surface area contributed by atoms with Gasteiger partial charge >= 0.3 is 0 Å². The molecule has 2 fully saturated rings. The van der Waals surface area contributed by atoms with Gasteiger partial charge in [0.25, 0.3) is 5.91 Å². The smallest absolute Gasteiger partial charge is 0.253 e. The first-order valence-electron chi connectivity index (χ1n) is 9.52. The highest BCUT2D eigenvalue weighted by molar-refractivity contribution is 9.10. The number of likely N-dealkylation sites (tertiary alicyclic amines) is 1. The van der Waals surface area contributed by atoms with Gasteiger partial charge in [-0.05, 0) is 55.0 Å². The van der Waals surface area contributed by atoms with Gasteiger partial charge in [0.15, 0.2) is 0 Å². The van der Waals surface area contributed by atoms with Crippen LogP contribution in [0.5, 0.6) is 0 Å². The molecule has 2 amide bonds. The highest BCUT2D eigenvalue weighted by Gasteiger charge is 2.44. The molecule has 1 saturated heterocycles. The number of carbonyl (C=O) groups is 2. The zero-order valence-electron chi connectivity index (χ0n) is 15.1. The Labute approximate surface area is 168 Å². The van der Waals surface area contributed by atoms with Crippen LogP contribution >= 0.6 is 15.9 Å². The van der Waals surface area contributed by atoms with Crippen molar-refractivity contribution >= 4 is 27.7 Å². The van der Waals surface area contributed by atoms with Gasteiger partial charge in [-0.1, -0.05) is 46.3 Å². The number of benzene rings is 2. The second-order valence-corrected chi connectivity index (χ2v) is 8.36. The Morgan fingerprint density at radius 3 is 2.30 bits per heavy atom. The maximum atomic E-state index is 12.6. The maximum Gasteiger partial charge on any atom is 0.253 e. The summed E-state index contributed by atoms with van der Waals surface area (Å²) >= 11 is 3.45. The third-order valence-corrected chi connectivity index (χ3v) is 6.10. The quantitative estimate of drug-likeness (QED) is 0.803. The second kappa shape index (κ2) is 7.85. The lowest BCUT2D eigenvalue weighted by molar-refractivity contribution is -0.123. The molecule has 2 aliphatic rings. The van der Waals surface area contributed by atoms with E-state index in [1.165, 1.54) is 5.56 Å². The average molecular weight is 427 g/mol. The van der Waals surface area contributed by atoms with Crippen molar-refractivity contribution in [3.8, 4) is 0 Å². The van der Waals surface area contributed by atoms with Crippen LogP contribution in [0.2, 0.25) is 0 Å². The summed E-state index contributed by atoms with van der Waals surface area (Å²) in [5.41, 5.74) is 1.97. The van der Waals surface area contributed by atoms with Crippen molar-refractivity contribution < 1.29 is 9.59 Å². The van der Waals surface area contributed by atoms with Crippen LogP contribution in [-0.4, -0.2) is 35.8 Å². The summed E-state index contributed by atoms with van der Waals surface area (Å²) in [6.07, 6.45) is 2.57. The van der Waals surface area contributed by atoms with Crippen molar-refractivity contribution in [3.63, 3.8) is 0 Å². The van der Waals surface area contributed by atoms with E-state index in [1.54, 1.807) is 0 Å². The third-order valence-electron chi connectivity index (χ3n) is 5.57. The number of nitrogens with zero attached hydrogens (tertiary/aromatic N) is 1. The van der Waals surface area contributed by atoms with Crippen LogP contribution in [0.15, 0.2) is 59.1 Å². The minimum atomic E-state index is 0.0814. The van der Waals surface area contributed by atoms with Crippen molar-refractivity contribution in [2.45, 2.75) is 31.2 Å². The Balaban J connectivity index is 1.25. The highest BCUT2D eigenvalue weighted by Crippen LogP contribution is 2.47. The van der Waals surface area contributed by atoms with Gasteiger partial charge in [-0.15, -0.1) is 0 Å². The van der Waals surface area contributed by atoms with Gasteiger partial charge in [-0.3, -0.25) is 9.59 Å². The summed E-state index contributed by atoms with van der Waals surface area (Å²) in [6.45, 7) is 1.39. The largest absolute Gasteiger partial charge is 0.353 e. The van der Waals surface area contributed by atoms with E-state index in [1.807, 2.05) is 47.4 Å². The molecule has 2 atom stereocenters. The summed E-state index contributed by atoms with van der Waals surface area (Å²) in [7, 11) is 0. The number of rotatable bonds is 4. The molecule has 0 spiro atoms. The van der Waals surface area contributed by atoms with E-state index in [0.29, 0.717) is 19.0 Å². The van der Waals surface area contributed by atoms with Crippen LogP contribution < -0.4 is 5.32 Å². The topological polar surface area (TPSA) is 49.4 Å². The van der Waals surface area contributed by atoms with E-state index >= 15 is 0 Å². The molecule has 1 saturated carbocycles.